The number of nitrogens with one attached hydrogen (secondary N) is 1. The lowest BCUT2D eigenvalue weighted by molar-refractivity contribution is -0.140. The van der Waals surface area contributed by atoms with E-state index in [1.807, 2.05) is 30.3 Å². The number of benzene rings is 3. The van der Waals surface area contributed by atoms with Crippen molar-refractivity contribution in [2.24, 2.45) is 0 Å². The van der Waals surface area contributed by atoms with Gasteiger partial charge in [0.15, 0.2) is 0 Å². The third kappa shape index (κ3) is 8.95. The lowest BCUT2D eigenvalue weighted by Crippen LogP contribution is -2.55. The van der Waals surface area contributed by atoms with Crippen LogP contribution in [0.1, 0.15) is 43.2 Å². The highest BCUT2D eigenvalue weighted by molar-refractivity contribution is 7.92. The molecule has 3 aromatic rings. The number of sulfonamides is 1. The van der Waals surface area contributed by atoms with Crippen molar-refractivity contribution < 1.29 is 18.0 Å². The number of rotatable bonds is 11. The third-order valence-corrected chi connectivity index (χ3v) is 10.4. The Hall–Kier alpha value is -2.20. The first kappa shape index (κ1) is 34.7. The van der Waals surface area contributed by atoms with Gasteiger partial charge in [-0.25, -0.2) is 8.42 Å². The van der Waals surface area contributed by atoms with Crippen molar-refractivity contribution in [1.82, 2.24) is 10.2 Å². The van der Waals surface area contributed by atoms with Crippen molar-refractivity contribution in [3.05, 3.63) is 96.9 Å². The monoisotopic (exact) mass is 717 g/mol. The zero-order valence-corrected chi connectivity index (χ0v) is 28.5. The van der Waals surface area contributed by atoms with E-state index in [4.69, 9.17) is 58.0 Å². The highest BCUT2D eigenvalue weighted by atomic mass is 35.5. The van der Waals surface area contributed by atoms with Crippen LogP contribution in [0.2, 0.25) is 25.1 Å². The molecule has 0 saturated heterocycles. The van der Waals surface area contributed by atoms with Crippen LogP contribution in [0.4, 0.5) is 5.69 Å². The van der Waals surface area contributed by atoms with Gasteiger partial charge in [0.1, 0.15) is 12.6 Å². The molecule has 1 unspecified atom stereocenters. The topological polar surface area (TPSA) is 86.8 Å². The number of anilines is 1. The van der Waals surface area contributed by atoms with Crippen LogP contribution in [-0.2, 0) is 32.6 Å². The maximum atomic E-state index is 14.3. The molecule has 3 aromatic carbocycles. The molecule has 13 heteroatoms. The number of hydrogen-bond donors (Lipinski definition) is 1. The maximum Gasteiger partial charge on any atom is 0.244 e. The predicted octanol–water partition coefficient (Wildman–Crippen LogP) is 7.81. The largest absolute Gasteiger partial charge is 0.352 e. The van der Waals surface area contributed by atoms with Crippen LogP contribution < -0.4 is 9.62 Å². The van der Waals surface area contributed by atoms with Crippen molar-refractivity contribution in [3.8, 4) is 0 Å². The van der Waals surface area contributed by atoms with Gasteiger partial charge in [0.05, 0.1) is 27.0 Å². The number of amides is 2. The minimum atomic E-state index is -4.07. The Balaban J connectivity index is 1.79. The lowest BCUT2D eigenvalue weighted by atomic mass is 9.94. The summed E-state index contributed by atoms with van der Waals surface area (Å²) in [6.45, 7) is -0.833. The summed E-state index contributed by atoms with van der Waals surface area (Å²) in [5.41, 5.74) is 1.21. The number of nitrogens with zero attached hydrogens (tertiary/aromatic N) is 2. The highest BCUT2D eigenvalue weighted by Crippen LogP contribution is 2.36. The minimum Gasteiger partial charge on any atom is -0.352 e. The van der Waals surface area contributed by atoms with E-state index in [0.717, 1.165) is 48.2 Å². The van der Waals surface area contributed by atoms with Gasteiger partial charge in [-0.1, -0.05) is 114 Å². The zero-order chi connectivity index (χ0) is 32.0. The van der Waals surface area contributed by atoms with Crippen LogP contribution >= 0.6 is 58.0 Å². The molecule has 1 aliphatic carbocycles. The first-order valence-corrected chi connectivity index (χ1v) is 17.8. The van der Waals surface area contributed by atoms with Gasteiger partial charge in [-0.05, 0) is 42.7 Å². The average Bonchev–Trinajstić information content (AvgIpc) is 2.97. The van der Waals surface area contributed by atoms with Crippen molar-refractivity contribution in [1.29, 1.82) is 0 Å². The summed E-state index contributed by atoms with van der Waals surface area (Å²) in [6.07, 6.45) is 5.90. The van der Waals surface area contributed by atoms with Crippen LogP contribution in [0.5, 0.6) is 0 Å². The maximum absolute atomic E-state index is 14.3. The van der Waals surface area contributed by atoms with Crippen LogP contribution in [-0.4, -0.2) is 50.0 Å². The highest BCUT2D eigenvalue weighted by Gasteiger charge is 2.35. The molecule has 1 fully saturated rings. The Bertz CT molecular complexity index is 1580. The molecule has 44 heavy (non-hydrogen) atoms. The molecule has 2 amide bonds. The number of carbonyl (C=O) groups is 2. The first-order valence-electron chi connectivity index (χ1n) is 14.0. The van der Waals surface area contributed by atoms with Crippen LogP contribution in [0.15, 0.2) is 60.7 Å². The summed E-state index contributed by atoms with van der Waals surface area (Å²) < 4.78 is 27.0. The van der Waals surface area contributed by atoms with Gasteiger partial charge in [-0.15, -0.1) is 0 Å². The molecule has 4 rings (SSSR count). The van der Waals surface area contributed by atoms with E-state index in [1.165, 1.54) is 17.0 Å². The first-order chi connectivity index (χ1) is 20.8. The van der Waals surface area contributed by atoms with Crippen LogP contribution in [0.3, 0.4) is 0 Å². The second-order valence-corrected chi connectivity index (χ2v) is 14.7. The van der Waals surface area contributed by atoms with Gasteiger partial charge in [0.25, 0.3) is 0 Å². The summed E-state index contributed by atoms with van der Waals surface area (Å²) >= 11 is 31.7. The number of halogens is 5. The molecule has 7 nitrogen and oxygen atoms in total. The molecule has 0 bridgehead atoms. The Morgan fingerprint density at radius 3 is 2.07 bits per heavy atom. The summed E-state index contributed by atoms with van der Waals surface area (Å²) in [4.78, 5) is 29.7. The molecule has 0 aliphatic heterocycles. The lowest BCUT2D eigenvalue weighted by Gasteiger charge is -2.35. The van der Waals surface area contributed by atoms with E-state index in [-0.39, 0.29) is 45.7 Å². The Morgan fingerprint density at radius 2 is 1.45 bits per heavy atom. The van der Waals surface area contributed by atoms with E-state index in [2.05, 4.69) is 5.32 Å². The van der Waals surface area contributed by atoms with E-state index in [9.17, 15) is 18.0 Å². The smallest absolute Gasteiger partial charge is 0.244 e. The van der Waals surface area contributed by atoms with E-state index in [1.54, 1.807) is 18.2 Å². The molecule has 1 N–H and O–H groups in total. The van der Waals surface area contributed by atoms with Gasteiger partial charge in [0, 0.05) is 34.6 Å². The fraction of sp³-hybridized carbons (Fsp3) is 0.355. The second kappa shape index (κ2) is 15.4. The second-order valence-electron chi connectivity index (χ2n) is 10.8. The summed E-state index contributed by atoms with van der Waals surface area (Å²) in [6, 6.07) is 15.8. The molecule has 0 aromatic heterocycles. The fourth-order valence-electron chi connectivity index (χ4n) is 5.25. The number of carbonyl (C=O) groups excluding carboxylic acids is 2. The van der Waals surface area contributed by atoms with Gasteiger partial charge in [-0.3, -0.25) is 13.9 Å². The van der Waals surface area contributed by atoms with Crippen LogP contribution in [0, 0.1) is 0 Å². The zero-order valence-electron chi connectivity index (χ0n) is 23.9. The molecule has 236 valence electrons. The molecule has 0 spiro atoms. The van der Waals surface area contributed by atoms with Gasteiger partial charge >= 0.3 is 0 Å². The normalized spacial score (nSPS) is 14.6. The summed E-state index contributed by atoms with van der Waals surface area (Å²) in [5.74, 6) is -1.02. The Kier molecular flexibility index (Phi) is 12.1. The van der Waals surface area contributed by atoms with Gasteiger partial charge in [-0.2, -0.15) is 0 Å². The van der Waals surface area contributed by atoms with Gasteiger partial charge in [0.2, 0.25) is 21.8 Å². The average molecular weight is 720 g/mol. The van der Waals surface area contributed by atoms with E-state index in [0.29, 0.717) is 15.6 Å². The van der Waals surface area contributed by atoms with Crippen molar-refractivity contribution >= 4 is 85.5 Å². The molecule has 1 atom stereocenters. The SMILES string of the molecule is CS(=O)(=O)N(CC(=O)N(Cc1c(Cl)cccc1Cl)C(Cc1ccccc1)C(=O)NC1CCCCC1)c1cc(Cl)c(Cl)cc1Cl. The summed E-state index contributed by atoms with van der Waals surface area (Å²) in [5, 5.41) is 3.90. The standard InChI is InChI=1S/C31H32Cl5N3O4S/c1-44(42,43)39(28-17-26(35)25(34)16-27(28)36)19-30(40)38(18-22-23(32)13-8-14-24(22)33)29(15-20-9-4-2-5-10-20)31(41)37-21-11-6-3-7-12-21/h2,4-5,8-10,13-14,16-17,21,29H,3,6-7,11-12,15,18-19H2,1H3,(H,37,41). The Morgan fingerprint density at radius 1 is 0.841 bits per heavy atom. The van der Waals surface area contributed by atoms with E-state index < -0.39 is 28.5 Å². The predicted molar refractivity (Wildman–Crippen MR) is 180 cm³/mol. The third-order valence-electron chi connectivity index (χ3n) is 7.55. The van der Waals surface area contributed by atoms with Crippen LogP contribution in [0.25, 0.3) is 0 Å². The van der Waals surface area contributed by atoms with Crippen molar-refractivity contribution in [2.45, 2.75) is 57.2 Å². The fourth-order valence-corrected chi connectivity index (χ4v) is 7.31. The van der Waals surface area contributed by atoms with Crippen molar-refractivity contribution in [3.63, 3.8) is 0 Å². The number of hydrogen-bond acceptors (Lipinski definition) is 4. The molecule has 0 heterocycles. The molecule has 1 saturated carbocycles. The molecular formula is C31H32Cl5N3O4S. The van der Waals surface area contributed by atoms with Gasteiger partial charge < -0.3 is 10.2 Å². The minimum absolute atomic E-state index is 0.0193. The molecule has 0 radical (unpaired) electrons. The summed E-state index contributed by atoms with van der Waals surface area (Å²) in [7, 11) is -4.07. The Labute approximate surface area is 283 Å². The van der Waals surface area contributed by atoms with Crippen molar-refractivity contribution in [2.75, 3.05) is 17.1 Å². The van der Waals surface area contributed by atoms with E-state index >= 15 is 0 Å². The molecule has 1 aliphatic rings. The quantitative estimate of drug-likeness (QED) is 0.205. The molecular weight excluding hydrogens is 688 g/mol.